The molecule has 0 aliphatic heterocycles. The van der Waals surface area contributed by atoms with Gasteiger partial charge in [-0.25, -0.2) is 0 Å². The molecule has 1 aliphatic carbocycles. The third-order valence-corrected chi connectivity index (χ3v) is 4.44. The summed E-state index contributed by atoms with van der Waals surface area (Å²) in [7, 11) is 0. The fourth-order valence-corrected chi connectivity index (χ4v) is 3.33. The maximum atomic E-state index is 12.3. The van der Waals surface area contributed by atoms with Gasteiger partial charge in [0, 0.05) is 6.42 Å². The number of hydrogen-bond donors (Lipinski definition) is 2. The number of rotatable bonds is 4. The Kier molecular flexibility index (Phi) is 4.08. The molecular formula is C15H13F2NO3S. The second-order valence-corrected chi connectivity index (χ2v) is 5.83. The number of hydrogen-bond acceptors (Lipinski definition) is 4. The van der Waals surface area contributed by atoms with E-state index < -0.39 is 24.7 Å². The first-order valence-electron chi connectivity index (χ1n) is 6.65. The van der Waals surface area contributed by atoms with Crippen molar-refractivity contribution in [1.82, 2.24) is 5.32 Å². The summed E-state index contributed by atoms with van der Waals surface area (Å²) in [4.78, 5) is 12.3. The summed E-state index contributed by atoms with van der Waals surface area (Å²) in [6.07, 6.45) is -0.285. The Morgan fingerprint density at radius 1 is 1.36 bits per heavy atom. The summed E-state index contributed by atoms with van der Waals surface area (Å²) in [5.74, 6) is -0.690. The van der Waals surface area contributed by atoms with Crippen LogP contribution in [0.2, 0.25) is 0 Å². The van der Waals surface area contributed by atoms with Gasteiger partial charge in [0.1, 0.15) is 10.6 Å². The van der Waals surface area contributed by atoms with Crippen molar-refractivity contribution in [3.63, 3.8) is 0 Å². The molecule has 0 radical (unpaired) electrons. The van der Waals surface area contributed by atoms with Crippen molar-refractivity contribution in [2.75, 3.05) is 0 Å². The van der Waals surface area contributed by atoms with E-state index in [1.807, 2.05) is 24.3 Å². The van der Waals surface area contributed by atoms with Crippen molar-refractivity contribution < 1.29 is 23.4 Å². The Labute approximate surface area is 129 Å². The van der Waals surface area contributed by atoms with Gasteiger partial charge in [0.15, 0.2) is 0 Å². The van der Waals surface area contributed by atoms with Crippen LogP contribution in [0.4, 0.5) is 8.78 Å². The molecule has 0 bridgehead atoms. The lowest BCUT2D eigenvalue weighted by atomic mass is 10.1. The van der Waals surface area contributed by atoms with E-state index in [2.05, 4.69) is 10.1 Å². The third-order valence-electron chi connectivity index (χ3n) is 3.54. The quantitative estimate of drug-likeness (QED) is 0.909. The molecule has 1 aromatic carbocycles. The Morgan fingerprint density at radius 3 is 2.91 bits per heavy atom. The molecule has 7 heteroatoms. The predicted molar refractivity (Wildman–Crippen MR) is 77.3 cm³/mol. The van der Waals surface area contributed by atoms with Crippen molar-refractivity contribution in [2.45, 2.75) is 25.2 Å². The maximum Gasteiger partial charge on any atom is 0.387 e. The van der Waals surface area contributed by atoms with Gasteiger partial charge in [-0.3, -0.25) is 4.79 Å². The van der Waals surface area contributed by atoms with Crippen LogP contribution in [0.25, 0.3) is 0 Å². The summed E-state index contributed by atoms with van der Waals surface area (Å²) in [6, 6.07) is 8.19. The van der Waals surface area contributed by atoms with Gasteiger partial charge in [-0.05, 0) is 22.6 Å². The fourth-order valence-electron chi connectivity index (χ4n) is 2.61. The second kappa shape index (κ2) is 6.02. The van der Waals surface area contributed by atoms with Gasteiger partial charge in [-0.15, -0.1) is 11.3 Å². The summed E-state index contributed by atoms with van der Waals surface area (Å²) in [5, 5.41) is 14.3. The fraction of sp³-hybridized carbons (Fsp3) is 0.267. The summed E-state index contributed by atoms with van der Waals surface area (Å²) in [5.41, 5.74) is 1.81. The van der Waals surface area contributed by atoms with Crippen LogP contribution in [0.3, 0.4) is 0 Å². The monoisotopic (exact) mass is 325 g/mol. The van der Waals surface area contributed by atoms with E-state index >= 15 is 0 Å². The van der Waals surface area contributed by atoms with Crippen LogP contribution < -0.4 is 10.1 Å². The molecule has 116 valence electrons. The number of benzene rings is 1. The van der Waals surface area contributed by atoms with Crippen molar-refractivity contribution in [3.8, 4) is 5.75 Å². The molecular weight excluding hydrogens is 312 g/mol. The Morgan fingerprint density at radius 2 is 2.14 bits per heavy atom. The third kappa shape index (κ3) is 2.82. The second-order valence-electron chi connectivity index (χ2n) is 4.91. The van der Waals surface area contributed by atoms with E-state index in [0.717, 1.165) is 22.5 Å². The number of amides is 1. The molecule has 0 fully saturated rings. The number of halogens is 2. The Hall–Kier alpha value is -1.99. The zero-order chi connectivity index (χ0) is 15.7. The average molecular weight is 325 g/mol. The van der Waals surface area contributed by atoms with Gasteiger partial charge in [-0.1, -0.05) is 24.3 Å². The molecule has 0 saturated heterocycles. The molecule has 2 aromatic rings. The van der Waals surface area contributed by atoms with Crippen LogP contribution in [-0.4, -0.2) is 23.7 Å². The van der Waals surface area contributed by atoms with Crippen LogP contribution in [0.15, 0.2) is 35.7 Å². The Bertz CT molecular complexity index is 689. The smallest absolute Gasteiger partial charge is 0.387 e. The lowest BCUT2D eigenvalue weighted by molar-refractivity contribution is -0.0498. The molecule has 0 spiro atoms. The SMILES string of the molecule is O=C(NC1c2ccccc2CC1O)c1sccc1OC(F)F. The minimum Gasteiger partial charge on any atom is -0.433 e. The van der Waals surface area contributed by atoms with Crippen LogP contribution >= 0.6 is 11.3 Å². The van der Waals surface area contributed by atoms with E-state index in [1.165, 1.54) is 11.4 Å². The van der Waals surface area contributed by atoms with E-state index in [9.17, 15) is 18.7 Å². The minimum atomic E-state index is -2.99. The number of aliphatic hydroxyl groups is 1. The standard InChI is InChI=1S/C15H13F2NO3S/c16-15(17)21-11-5-6-22-13(11)14(20)18-12-9-4-2-1-3-8(9)7-10(12)19/h1-6,10,12,15,19H,7H2,(H,18,20). The molecule has 0 saturated carbocycles. The normalized spacial score (nSPS) is 20.0. The van der Waals surface area contributed by atoms with Gasteiger partial charge in [-0.2, -0.15) is 8.78 Å². The molecule has 2 N–H and O–H groups in total. The molecule has 1 heterocycles. The van der Waals surface area contributed by atoms with E-state index in [-0.39, 0.29) is 10.6 Å². The minimum absolute atomic E-state index is 0.0666. The van der Waals surface area contributed by atoms with Crippen molar-refractivity contribution in [3.05, 3.63) is 51.7 Å². The first-order valence-corrected chi connectivity index (χ1v) is 7.53. The van der Waals surface area contributed by atoms with Crippen LogP contribution in [0.1, 0.15) is 26.8 Å². The molecule has 4 nitrogen and oxygen atoms in total. The zero-order valence-electron chi connectivity index (χ0n) is 11.3. The Balaban J connectivity index is 1.79. The summed E-state index contributed by atoms with van der Waals surface area (Å²) in [6.45, 7) is -2.99. The zero-order valence-corrected chi connectivity index (χ0v) is 12.1. The highest BCUT2D eigenvalue weighted by Crippen LogP contribution is 2.33. The number of alkyl halides is 2. The van der Waals surface area contributed by atoms with Crippen LogP contribution in [0, 0.1) is 0 Å². The highest BCUT2D eigenvalue weighted by molar-refractivity contribution is 7.12. The van der Waals surface area contributed by atoms with E-state index in [0.29, 0.717) is 6.42 Å². The van der Waals surface area contributed by atoms with Gasteiger partial charge in [0.2, 0.25) is 0 Å². The highest BCUT2D eigenvalue weighted by atomic mass is 32.1. The average Bonchev–Trinajstić information content (AvgIpc) is 3.04. The van der Waals surface area contributed by atoms with Gasteiger partial charge in [0.05, 0.1) is 12.1 Å². The summed E-state index contributed by atoms with van der Waals surface area (Å²) >= 11 is 1.01. The van der Waals surface area contributed by atoms with Crippen LogP contribution in [0.5, 0.6) is 5.75 Å². The number of ether oxygens (including phenoxy) is 1. The van der Waals surface area contributed by atoms with E-state index in [4.69, 9.17) is 0 Å². The van der Waals surface area contributed by atoms with Crippen molar-refractivity contribution in [2.24, 2.45) is 0 Å². The number of nitrogens with one attached hydrogen (secondary N) is 1. The first-order chi connectivity index (χ1) is 10.6. The predicted octanol–water partition coefficient (Wildman–Crippen LogP) is 2.74. The van der Waals surface area contributed by atoms with Crippen LogP contribution in [-0.2, 0) is 6.42 Å². The number of carbonyl (C=O) groups is 1. The topological polar surface area (TPSA) is 58.6 Å². The maximum absolute atomic E-state index is 12.3. The number of carbonyl (C=O) groups excluding carboxylic acids is 1. The molecule has 3 rings (SSSR count). The number of thiophene rings is 1. The lowest BCUT2D eigenvalue weighted by Gasteiger charge is -2.18. The first kappa shape index (κ1) is 14.9. The summed E-state index contributed by atoms with van der Waals surface area (Å²) < 4.78 is 29.0. The van der Waals surface area contributed by atoms with Crippen molar-refractivity contribution >= 4 is 17.2 Å². The van der Waals surface area contributed by atoms with Crippen molar-refractivity contribution in [1.29, 1.82) is 0 Å². The molecule has 2 atom stereocenters. The van der Waals surface area contributed by atoms with Gasteiger partial charge in [0.25, 0.3) is 5.91 Å². The molecule has 2 unspecified atom stereocenters. The molecule has 1 aliphatic rings. The molecule has 1 amide bonds. The van der Waals surface area contributed by atoms with Gasteiger partial charge < -0.3 is 15.2 Å². The lowest BCUT2D eigenvalue weighted by Crippen LogP contribution is -2.33. The van der Waals surface area contributed by atoms with Gasteiger partial charge >= 0.3 is 6.61 Å². The number of aliphatic hydroxyl groups excluding tert-OH is 1. The molecule has 22 heavy (non-hydrogen) atoms. The largest absolute Gasteiger partial charge is 0.433 e. The van der Waals surface area contributed by atoms with E-state index in [1.54, 1.807) is 0 Å². The highest BCUT2D eigenvalue weighted by Gasteiger charge is 2.33. The number of fused-ring (bicyclic) bond motifs is 1. The molecule has 1 aromatic heterocycles.